The Morgan fingerprint density at radius 1 is 0.880 bits per heavy atom. The summed E-state index contributed by atoms with van der Waals surface area (Å²) in [4.78, 5) is 11.6. The Hall–Kier alpha value is -2.29. The molecule has 2 aromatic carbocycles. The second kappa shape index (κ2) is 5.62. The highest BCUT2D eigenvalue weighted by Crippen LogP contribution is 2.53. The van der Waals surface area contributed by atoms with Crippen LogP contribution in [0, 0.1) is 20.8 Å². The van der Waals surface area contributed by atoms with E-state index in [-0.39, 0.29) is 5.41 Å². The van der Waals surface area contributed by atoms with Crippen molar-refractivity contribution in [3.8, 4) is 5.75 Å². The van der Waals surface area contributed by atoms with Gasteiger partial charge in [-0.3, -0.25) is 0 Å². The molecule has 2 aromatic rings. The Kier molecular flexibility index (Phi) is 3.64. The lowest BCUT2D eigenvalue weighted by Gasteiger charge is -2.28. The summed E-state index contributed by atoms with van der Waals surface area (Å²) in [6.07, 6.45) is 3.82. The summed E-state index contributed by atoms with van der Waals surface area (Å²) >= 11 is 0. The molecule has 0 bridgehead atoms. The molecule has 2 aliphatic carbocycles. The molecule has 3 heteroatoms. The molecule has 1 spiro atoms. The van der Waals surface area contributed by atoms with Crippen LogP contribution in [0.4, 0.5) is 4.79 Å². The van der Waals surface area contributed by atoms with Crippen molar-refractivity contribution in [2.75, 3.05) is 7.11 Å². The first-order valence-corrected chi connectivity index (χ1v) is 8.95. The molecule has 0 radical (unpaired) electrons. The van der Waals surface area contributed by atoms with Crippen LogP contribution in [0.5, 0.6) is 5.75 Å². The summed E-state index contributed by atoms with van der Waals surface area (Å²) in [5.41, 5.74) is 9.46. The van der Waals surface area contributed by atoms with E-state index in [1.165, 1.54) is 40.5 Å². The molecule has 0 fully saturated rings. The van der Waals surface area contributed by atoms with Crippen molar-refractivity contribution in [2.24, 2.45) is 0 Å². The normalized spacial score (nSPS) is 20.5. The van der Waals surface area contributed by atoms with E-state index in [0.29, 0.717) is 5.75 Å². The SMILES string of the molecule is COC(=O)Oc1cc2c(cc1C)CCC21CCc2cc(C)c(C)cc21. The minimum Gasteiger partial charge on any atom is -0.437 e. The number of rotatable bonds is 1. The van der Waals surface area contributed by atoms with Crippen LogP contribution in [-0.4, -0.2) is 13.3 Å². The maximum absolute atomic E-state index is 11.6. The second-order valence-corrected chi connectivity index (χ2v) is 7.51. The number of methoxy groups -OCH3 is 1. The highest BCUT2D eigenvalue weighted by Gasteiger charge is 2.45. The minimum atomic E-state index is -0.659. The zero-order chi connectivity index (χ0) is 17.8. The van der Waals surface area contributed by atoms with Gasteiger partial charge in [-0.05, 0) is 91.5 Å². The van der Waals surface area contributed by atoms with Gasteiger partial charge in [0.25, 0.3) is 0 Å². The molecule has 1 unspecified atom stereocenters. The standard InChI is InChI=1S/C22H24O3/c1-13-9-16-5-7-22(18(16)11-14(13)2)8-6-17-10-15(3)20(12-19(17)22)25-21(23)24-4/h9-12H,5-8H2,1-4H3. The Balaban J connectivity index is 1.85. The van der Waals surface area contributed by atoms with E-state index in [1.54, 1.807) is 0 Å². The molecule has 0 saturated heterocycles. The highest BCUT2D eigenvalue weighted by atomic mass is 16.7. The van der Waals surface area contributed by atoms with E-state index in [9.17, 15) is 4.79 Å². The van der Waals surface area contributed by atoms with Crippen molar-refractivity contribution in [3.63, 3.8) is 0 Å². The molecule has 0 amide bonds. The predicted molar refractivity (Wildman–Crippen MR) is 97.6 cm³/mol. The van der Waals surface area contributed by atoms with E-state index >= 15 is 0 Å². The summed E-state index contributed by atoms with van der Waals surface area (Å²) in [5.74, 6) is 0.615. The molecule has 3 nitrogen and oxygen atoms in total. The maximum atomic E-state index is 11.6. The fourth-order valence-corrected chi connectivity index (χ4v) is 4.67. The summed E-state index contributed by atoms with van der Waals surface area (Å²) < 4.78 is 10.1. The zero-order valence-corrected chi connectivity index (χ0v) is 15.4. The molecule has 0 saturated carbocycles. The number of hydrogen-bond donors (Lipinski definition) is 0. The fourth-order valence-electron chi connectivity index (χ4n) is 4.67. The van der Waals surface area contributed by atoms with Crippen LogP contribution in [0.25, 0.3) is 0 Å². The second-order valence-electron chi connectivity index (χ2n) is 7.51. The third kappa shape index (κ3) is 2.37. The van der Waals surface area contributed by atoms with Gasteiger partial charge in [0, 0.05) is 5.41 Å². The number of fused-ring (bicyclic) bond motifs is 4. The van der Waals surface area contributed by atoms with Gasteiger partial charge >= 0.3 is 6.16 Å². The van der Waals surface area contributed by atoms with Gasteiger partial charge in [0.1, 0.15) is 5.75 Å². The van der Waals surface area contributed by atoms with Crippen molar-refractivity contribution in [3.05, 3.63) is 63.2 Å². The monoisotopic (exact) mass is 336 g/mol. The van der Waals surface area contributed by atoms with Crippen molar-refractivity contribution < 1.29 is 14.3 Å². The van der Waals surface area contributed by atoms with Gasteiger partial charge in [0.2, 0.25) is 0 Å². The average molecular weight is 336 g/mol. The van der Waals surface area contributed by atoms with Crippen LogP contribution in [0.1, 0.15) is 51.8 Å². The summed E-state index contributed by atoms with van der Waals surface area (Å²) in [6.45, 7) is 6.37. The third-order valence-corrected chi connectivity index (χ3v) is 6.15. The number of carbonyl (C=O) groups is 1. The van der Waals surface area contributed by atoms with Crippen LogP contribution >= 0.6 is 0 Å². The lowest BCUT2D eigenvalue weighted by molar-refractivity contribution is 0.121. The van der Waals surface area contributed by atoms with Gasteiger partial charge in [-0.1, -0.05) is 18.2 Å². The van der Waals surface area contributed by atoms with Crippen molar-refractivity contribution >= 4 is 6.16 Å². The molecule has 0 heterocycles. The van der Waals surface area contributed by atoms with E-state index in [0.717, 1.165) is 31.2 Å². The molecule has 1 atom stereocenters. The molecule has 130 valence electrons. The van der Waals surface area contributed by atoms with Crippen LogP contribution in [0.3, 0.4) is 0 Å². The average Bonchev–Trinajstić information content (AvgIpc) is 3.11. The Morgan fingerprint density at radius 2 is 1.44 bits per heavy atom. The lowest BCUT2D eigenvalue weighted by atomic mass is 9.76. The van der Waals surface area contributed by atoms with E-state index < -0.39 is 6.16 Å². The molecule has 2 aliphatic rings. The topological polar surface area (TPSA) is 35.5 Å². The van der Waals surface area contributed by atoms with Crippen LogP contribution in [0.15, 0.2) is 24.3 Å². The molecular weight excluding hydrogens is 312 g/mol. The van der Waals surface area contributed by atoms with Crippen LogP contribution < -0.4 is 4.74 Å². The van der Waals surface area contributed by atoms with Gasteiger partial charge in [-0.2, -0.15) is 0 Å². The highest BCUT2D eigenvalue weighted by molar-refractivity contribution is 5.66. The van der Waals surface area contributed by atoms with Crippen LogP contribution in [-0.2, 0) is 23.0 Å². The molecular formula is C22H24O3. The Labute approximate surface area is 149 Å². The first-order valence-electron chi connectivity index (χ1n) is 8.95. The number of aryl methyl sites for hydroxylation is 5. The van der Waals surface area contributed by atoms with Crippen LogP contribution in [0.2, 0.25) is 0 Å². The first-order chi connectivity index (χ1) is 11.9. The molecule has 25 heavy (non-hydrogen) atoms. The summed E-state index contributed by atoms with van der Waals surface area (Å²) in [6, 6.07) is 9.01. The number of ether oxygens (including phenoxy) is 2. The lowest BCUT2D eigenvalue weighted by Crippen LogP contribution is -2.21. The number of hydrogen-bond acceptors (Lipinski definition) is 3. The van der Waals surface area contributed by atoms with Gasteiger partial charge < -0.3 is 9.47 Å². The smallest absolute Gasteiger partial charge is 0.437 e. The summed E-state index contributed by atoms with van der Waals surface area (Å²) in [7, 11) is 1.34. The molecule has 0 N–H and O–H groups in total. The first kappa shape index (κ1) is 16.2. The van der Waals surface area contributed by atoms with Crippen molar-refractivity contribution in [2.45, 2.75) is 51.9 Å². The van der Waals surface area contributed by atoms with E-state index in [1.807, 2.05) is 6.92 Å². The fraction of sp³-hybridized carbons (Fsp3) is 0.409. The molecule has 0 aromatic heterocycles. The number of benzene rings is 2. The van der Waals surface area contributed by atoms with Gasteiger partial charge in [-0.25, -0.2) is 4.79 Å². The molecule has 0 aliphatic heterocycles. The maximum Gasteiger partial charge on any atom is 0.513 e. The van der Waals surface area contributed by atoms with Gasteiger partial charge in [0.15, 0.2) is 0 Å². The van der Waals surface area contributed by atoms with E-state index in [4.69, 9.17) is 4.74 Å². The number of carbonyl (C=O) groups excluding carboxylic acids is 1. The van der Waals surface area contributed by atoms with Gasteiger partial charge in [-0.15, -0.1) is 0 Å². The third-order valence-electron chi connectivity index (χ3n) is 6.15. The minimum absolute atomic E-state index is 0.0745. The van der Waals surface area contributed by atoms with Crippen molar-refractivity contribution in [1.29, 1.82) is 0 Å². The molecule has 4 rings (SSSR count). The Morgan fingerprint density at radius 3 is 2.08 bits per heavy atom. The van der Waals surface area contributed by atoms with Gasteiger partial charge in [0.05, 0.1) is 7.11 Å². The quantitative estimate of drug-likeness (QED) is 0.547. The summed E-state index contributed by atoms with van der Waals surface area (Å²) in [5, 5.41) is 0. The largest absolute Gasteiger partial charge is 0.513 e. The van der Waals surface area contributed by atoms with E-state index in [2.05, 4.69) is 42.8 Å². The zero-order valence-electron chi connectivity index (χ0n) is 15.4. The predicted octanol–water partition coefficient (Wildman–Crippen LogP) is 4.94. The van der Waals surface area contributed by atoms with Crippen molar-refractivity contribution in [1.82, 2.24) is 0 Å². The Bertz CT molecular complexity index is 877.